The van der Waals surface area contributed by atoms with Crippen molar-refractivity contribution in [3.05, 3.63) is 48.3 Å². The average molecular weight is 234 g/mol. The molecule has 90 valence electrons. The summed E-state index contributed by atoms with van der Waals surface area (Å²) in [6.45, 7) is 4.51. The second-order valence-electron chi connectivity index (χ2n) is 4.15. The fourth-order valence-electron chi connectivity index (χ4n) is 1.45. The molecule has 2 aromatic rings. The molecule has 0 amide bonds. The number of nitrogens with zero attached hydrogens (tertiary/aromatic N) is 2. The number of aromatic nitrogens is 2. The number of benzene rings is 1. The van der Waals surface area contributed by atoms with Gasteiger partial charge in [0.1, 0.15) is 18.2 Å². The Balaban J connectivity index is 1.97. The molecule has 1 heterocycles. The third kappa shape index (κ3) is 3.06. The van der Waals surface area contributed by atoms with Crippen molar-refractivity contribution >= 4 is 0 Å². The lowest BCUT2D eigenvalue weighted by atomic mass is 10.3. The number of halogens is 1. The van der Waals surface area contributed by atoms with Crippen molar-refractivity contribution in [1.82, 2.24) is 9.55 Å². The van der Waals surface area contributed by atoms with E-state index >= 15 is 0 Å². The van der Waals surface area contributed by atoms with Crippen molar-refractivity contribution < 1.29 is 9.13 Å². The molecule has 0 saturated heterocycles. The van der Waals surface area contributed by atoms with Gasteiger partial charge in [-0.15, -0.1) is 0 Å². The van der Waals surface area contributed by atoms with Gasteiger partial charge in [0.15, 0.2) is 0 Å². The van der Waals surface area contributed by atoms with Gasteiger partial charge in [-0.3, -0.25) is 0 Å². The van der Waals surface area contributed by atoms with E-state index in [1.54, 1.807) is 18.5 Å². The molecule has 0 bridgehead atoms. The molecule has 0 aliphatic heterocycles. The van der Waals surface area contributed by atoms with E-state index in [0.29, 0.717) is 18.4 Å². The van der Waals surface area contributed by atoms with Crippen LogP contribution in [-0.4, -0.2) is 9.55 Å². The Morgan fingerprint density at radius 3 is 2.88 bits per heavy atom. The number of hydrogen-bond acceptors (Lipinski definition) is 2. The molecule has 0 fully saturated rings. The smallest absolute Gasteiger partial charge is 0.132 e. The minimum Gasteiger partial charge on any atom is -0.487 e. The van der Waals surface area contributed by atoms with Gasteiger partial charge >= 0.3 is 0 Å². The predicted molar refractivity (Wildman–Crippen MR) is 63.3 cm³/mol. The summed E-state index contributed by atoms with van der Waals surface area (Å²) in [7, 11) is 0. The molecule has 2 rings (SSSR count). The first-order chi connectivity index (χ1) is 8.15. The fraction of sp³-hybridized carbons (Fsp3) is 0.308. The van der Waals surface area contributed by atoms with Gasteiger partial charge in [-0.05, 0) is 26.0 Å². The predicted octanol–water partition coefficient (Wildman–Crippen LogP) is 3.18. The minimum absolute atomic E-state index is 0.296. The van der Waals surface area contributed by atoms with Crippen molar-refractivity contribution in [3.8, 4) is 5.75 Å². The van der Waals surface area contributed by atoms with E-state index < -0.39 is 0 Å². The Labute approximate surface area is 99.9 Å². The van der Waals surface area contributed by atoms with Gasteiger partial charge in [0.25, 0.3) is 0 Å². The maximum Gasteiger partial charge on any atom is 0.132 e. The molecular weight excluding hydrogens is 219 g/mol. The van der Waals surface area contributed by atoms with Crippen LogP contribution in [0.3, 0.4) is 0 Å². The summed E-state index contributed by atoms with van der Waals surface area (Å²) in [6.07, 6.45) is 3.71. The molecule has 1 aromatic carbocycles. The van der Waals surface area contributed by atoms with Crippen LogP contribution in [0.1, 0.15) is 25.6 Å². The van der Waals surface area contributed by atoms with Gasteiger partial charge in [-0.2, -0.15) is 0 Å². The summed E-state index contributed by atoms with van der Waals surface area (Å²) in [5.41, 5.74) is 0.836. The maximum atomic E-state index is 12.9. The monoisotopic (exact) mass is 234 g/mol. The van der Waals surface area contributed by atoms with Crippen LogP contribution in [0.15, 0.2) is 36.8 Å². The van der Waals surface area contributed by atoms with Gasteiger partial charge in [-0.25, -0.2) is 9.37 Å². The first-order valence-electron chi connectivity index (χ1n) is 5.56. The lowest BCUT2D eigenvalue weighted by molar-refractivity contribution is 0.300. The lowest BCUT2D eigenvalue weighted by Crippen LogP contribution is -1.98. The number of ether oxygens (including phenoxy) is 1. The van der Waals surface area contributed by atoms with Crippen molar-refractivity contribution in [3.63, 3.8) is 0 Å². The topological polar surface area (TPSA) is 27.1 Å². The molecule has 0 radical (unpaired) electrons. The molecule has 0 N–H and O–H groups in total. The van der Waals surface area contributed by atoms with Crippen LogP contribution in [0.25, 0.3) is 0 Å². The zero-order valence-corrected chi connectivity index (χ0v) is 9.93. The summed E-state index contributed by atoms with van der Waals surface area (Å²) in [4.78, 5) is 4.22. The van der Waals surface area contributed by atoms with E-state index in [9.17, 15) is 4.39 Å². The number of imidazole rings is 1. The number of rotatable bonds is 4. The highest BCUT2D eigenvalue weighted by atomic mass is 19.1. The molecule has 4 heteroatoms. The molecule has 1 aromatic heterocycles. The highest BCUT2D eigenvalue weighted by Gasteiger charge is 2.03. The second-order valence-corrected chi connectivity index (χ2v) is 4.15. The average Bonchev–Trinajstić information content (AvgIpc) is 2.75. The van der Waals surface area contributed by atoms with E-state index in [2.05, 4.69) is 18.8 Å². The summed E-state index contributed by atoms with van der Waals surface area (Å²) in [6, 6.07) is 6.48. The van der Waals surface area contributed by atoms with Crippen LogP contribution < -0.4 is 4.74 Å². The van der Waals surface area contributed by atoms with Crippen molar-refractivity contribution in [2.24, 2.45) is 0 Å². The summed E-state index contributed by atoms with van der Waals surface area (Å²) < 4.78 is 20.4. The largest absolute Gasteiger partial charge is 0.487 e. The zero-order chi connectivity index (χ0) is 12.3. The summed E-state index contributed by atoms with van der Waals surface area (Å²) in [5, 5.41) is 0. The van der Waals surface area contributed by atoms with Gasteiger partial charge in [0, 0.05) is 18.3 Å². The molecule has 17 heavy (non-hydrogen) atoms. The second kappa shape index (κ2) is 4.99. The van der Waals surface area contributed by atoms with Crippen LogP contribution in [0.2, 0.25) is 0 Å². The molecule has 0 aliphatic rings. The van der Waals surface area contributed by atoms with Crippen LogP contribution in [0, 0.1) is 5.82 Å². The van der Waals surface area contributed by atoms with Crippen LogP contribution in [0.5, 0.6) is 5.75 Å². The third-order valence-electron chi connectivity index (χ3n) is 2.43. The van der Waals surface area contributed by atoms with Gasteiger partial charge in [0.05, 0.1) is 12.0 Å². The normalized spacial score (nSPS) is 10.8. The highest BCUT2D eigenvalue weighted by molar-refractivity contribution is 5.22. The van der Waals surface area contributed by atoms with Crippen molar-refractivity contribution in [2.45, 2.75) is 26.5 Å². The molecule has 0 atom stereocenters. The SMILES string of the molecule is CC(C)n1cnc(COc2cccc(F)c2)c1. The van der Waals surface area contributed by atoms with E-state index in [0.717, 1.165) is 5.69 Å². The van der Waals surface area contributed by atoms with Gasteiger partial charge in [0.2, 0.25) is 0 Å². The quantitative estimate of drug-likeness (QED) is 0.812. The first-order valence-corrected chi connectivity index (χ1v) is 5.56. The summed E-state index contributed by atoms with van der Waals surface area (Å²) >= 11 is 0. The highest BCUT2D eigenvalue weighted by Crippen LogP contribution is 2.14. The summed E-state index contributed by atoms with van der Waals surface area (Å²) in [5.74, 6) is 0.222. The van der Waals surface area contributed by atoms with Gasteiger partial charge < -0.3 is 9.30 Å². The third-order valence-corrected chi connectivity index (χ3v) is 2.43. The maximum absolute atomic E-state index is 12.9. The molecule has 0 aliphatic carbocycles. The van der Waals surface area contributed by atoms with E-state index in [4.69, 9.17) is 4.74 Å². The molecule has 0 spiro atoms. The first kappa shape index (κ1) is 11.6. The molecule has 0 saturated carbocycles. The zero-order valence-electron chi connectivity index (χ0n) is 9.93. The van der Waals surface area contributed by atoms with Crippen LogP contribution in [-0.2, 0) is 6.61 Å². The Morgan fingerprint density at radius 2 is 2.24 bits per heavy atom. The molecular formula is C13H15FN2O. The Hall–Kier alpha value is -1.84. The van der Waals surface area contributed by atoms with Crippen molar-refractivity contribution in [1.29, 1.82) is 0 Å². The molecule has 0 unspecified atom stereocenters. The van der Waals surface area contributed by atoms with E-state index in [1.807, 2.05) is 10.8 Å². The fourth-order valence-corrected chi connectivity index (χ4v) is 1.45. The van der Waals surface area contributed by atoms with E-state index in [1.165, 1.54) is 12.1 Å². The lowest BCUT2D eigenvalue weighted by Gasteiger charge is -2.05. The Morgan fingerprint density at radius 1 is 1.41 bits per heavy atom. The van der Waals surface area contributed by atoms with E-state index in [-0.39, 0.29) is 5.82 Å². The Bertz CT molecular complexity index is 494. The van der Waals surface area contributed by atoms with Crippen molar-refractivity contribution in [2.75, 3.05) is 0 Å². The van der Waals surface area contributed by atoms with Crippen LogP contribution >= 0.6 is 0 Å². The van der Waals surface area contributed by atoms with Crippen LogP contribution in [0.4, 0.5) is 4.39 Å². The Kier molecular flexibility index (Phi) is 3.42. The molecule has 3 nitrogen and oxygen atoms in total. The standard InChI is InChI=1S/C13H15FN2O/c1-10(2)16-7-12(15-9-16)8-17-13-5-3-4-11(14)6-13/h3-7,9-10H,8H2,1-2H3. The minimum atomic E-state index is -0.296. The van der Waals surface area contributed by atoms with Gasteiger partial charge in [-0.1, -0.05) is 6.07 Å². The number of hydrogen-bond donors (Lipinski definition) is 0.